The van der Waals surface area contributed by atoms with Gasteiger partial charge in [-0.05, 0) is 84.1 Å². The van der Waals surface area contributed by atoms with E-state index in [9.17, 15) is 4.79 Å². The van der Waals surface area contributed by atoms with Crippen LogP contribution in [0.15, 0.2) is 66.7 Å². The maximum absolute atomic E-state index is 11.7. The Balaban J connectivity index is 2.13. The van der Waals surface area contributed by atoms with Crippen LogP contribution in [0.5, 0.6) is 0 Å². The summed E-state index contributed by atoms with van der Waals surface area (Å²) in [6, 6.07) is 23.4. The number of carbonyl (C=O) groups excluding carboxylic acids is 1. The number of rotatable bonds is 2. The number of benzene rings is 3. The number of halogens is 1. The third-order valence-corrected chi connectivity index (χ3v) is 7.11. The molecule has 3 heteroatoms. The van der Waals surface area contributed by atoms with Crippen molar-refractivity contribution in [3.63, 3.8) is 0 Å². The summed E-state index contributed by atoms with van der Waals surface area (Å²) in [5, 5.41) is 2.46. The molecule has 0 fully saturated rings. The second-order valence-corrected chi connectivity index (χ2v) is 8.73. The molecule has 4 aromatic rings. The van der Waals surface area contributed by atoms with E-state index in [4.69, 9.17) is 0 Å². The molecule has 0 N–H and O–H groups in total. The molecular formula is C20H14IOS+. The summed E-state index contributed by atoms with van der Waals surface area (Å²) in [6.45, 7) is 1.63. The van der Waals surface area contributed by atoms with Gasteiger partial charge in [-0.1, -0.05) is 12.1 Å². The van der Waals surface area contributed by atoms with Crippen molar-refractivity contribution >= 4 is 59.0 Å². The SMILES string of the molecule is CC(=O)c1ccc2c(c1)c1ccccc1[s+]2-c1ccc(I)cc1. The van der Waals surface area contributed by atoms with Gasteiger partial charge in [0.15, 0.2) is 20.1 Å². The summed E-state index contributed by atoms with van der Waals surface area (Å²) in [6.07, 6.45) is 0. The van der Waals surface area contributed by atoms with Gasteiger partial charge in [-0.2, -0.15) is 0 Å². The standard InChI is InChI=1S/C20H14IOS/c1-13(22)14-6-11-20-18(12-14)17-4-2-3-5-19(17)23(20)16-9-7-15(21)8-10-16/h2-12H,1H3/q+1. The van der Waals surface area contributed by atoms with E-state index in [-0.39, 0.29) is 16.3 Å². The largest absolute Gasteiger partial charge is 0.295 e. The van der Waals surface area contributed by atoms with Crippen molar-refractivity contribution in [3.05, 3.63) is 75.9 Å². The van der Waals surface area contributed by atoms with Crippen molar-refractivity contribution in [2.24, 2.45) is 0 Å². The van der Waals surface area contributed by atoms with Crippen LogP contribution in [-0.4, -0.2) is 5.78 Å². The second kappa shape index (κ2) is 5.73. The minimum absolute atomic E-state index is 0.0850. The summed E-state index contributed by atoms with van der Waals surface area (Å²) in [7, 11) is -0.0850. The molecule has 3 aromatic carbocycles. The maximum atomic E-state index is 11.7. The molecule has 0 saturated heterocycles. The van der Waals surface area contributed by atoms with Gasteiger partial charge in [-0.3, -0.25) is 4.79 Å². The van der Waals surface area contributed by atoms with Gasteiger partial charge in [0.1, 0.15) is 0 Å². The molecule has 0 amide bonds. The zero-order valence-corrected chi connectivity index (χ0v) is 15.5. The van der Waals surface area contributed by atoms with Gasteiger partial charge in [0, 0.05) is 30.4 Å². The van der Waals surface area contributed by atoms with Gasteiger partial charge in [0.05, 0.1) is 0 Å². The zero-order chi connectivity index (χ0) is 16.0. The van der Waals surface area contributed by atoms with Gasteiger partial charge in [0.25, 0.3) is 0 Å². The van der Waals surface area contributed by atoms with Crippen LogP contribution in [0.2, 0.25) is 0 Å². The third-order valence-electron chi connectivity index (χ3n) is 4.05. The normalized spacial score (nSPS) is 12.0. The lowest BCUT2D eigenvalue weighted by Gasteiger charge is -1.95. The number of hydrogen-bond acceptors (Lipinski definition) is 1. The molecule has 1 unspecified atom stereocenters. The van der Waals surface area contributed by atoms with E-state index in [1.54, 1.807) is 6.92 Å². The fraction of sp³-hybridized carbons (Fsp3) is 0.0500. The quantitative estimate of drug-likeness (QED) is 0.201. The van der Waals surface area contributed by atoms with Crippen molar-refractivity contribution < 1.29 is 4.79 Å². The number of thiophene rings is 1. The first-order valence-electron chi connectivity index (χ1n) is 7.39. The summed E-state index contributed by atoms with van der Waals surface area (Å²) in [4.78, 5) is 13.1. The number of fused-ring (bicyclic) bond motifs is 3. The molecule has 0 saturated carbocycles. The number of Topliss-reactive ketones (excluding diaryl/α,β-unsaturated/α-hetero) is 1. The number of carbonyl (C=O) groups is 1. The molecule has 1 aromatic heterocycles. The van der Waals surface area contributed by atoms with Gasteiger partial charge >= 0.3 is 0 Å². The van der Waals surface area contributed by atoms with Crippen LogP contribution >= 0.6 is 33.1 Å². The Bertz CT molecular complexity index is 1040. The minimum Gasteiger partial charge on any atom is -0.295 e. The highest BCUT2D eigenvalue weighted by Crippen LogP contribution is 2.48. The fourth-order valence-corrected chi connectivity index (χ4v) is 5.67. The first kappa shape index (κ1) is 14.8. The Kier molecular flexibility index (Phi) is 3.70. The Hall–Kier alpha value is -1.72. The lowest BCUT2D eigenvalue weighted by Crippen LogP contribution is -1.89. The van der Waals surface area contributed by atoms with Crippen LogP contribution in [0.3, 0.4) is 0 Å². The van der Waals surface area contributed by atoms with E-state index in [1.165, 1.54) is 28.6 Å². The van der Waals surface area contributed by atoms with Crippen LogP contribution in [0.25, 0.3) is 25.1 Å². The van der Waals surface area contributed by atoms with E-state index in [0.29, 0.717) is 0 Å². The molecule has 0 radical (unpaired) electrons. The third kappa shape index (κ3) is 2.48. The average Bonchev–Trinajstić information content (AvgIpc) is 2.89. The van der Waals surface area contributed by atoms with E-state index in [2.05, 4.69) is 83.3 Å². The highest BCUT2D eigenvalue weighted by Gasteiger charge is 2.23. The predicted octanol–water partition coefficient (Wildman–Crippen LogP) is 6.54. The van der Waals surface area contributed by atoms with Crippen molar-refractivity contribution in [1.29, 1.82) is 0 Å². The molecule has 112 valence electrons. The zero-order valence-electron chi connectivity index (χ0n) is 12.5. The summed E-state index contributed by atoms with van der Waals surface area (Å²) in [5.74, 6) is 0.117. The van der Waals surface area contributed by atoms with E-state index in [1.807, 2.05) is 6.07 Å². The molecule has 0 bridgehead atoms. The van der Waals surface area contributed by atoms with E-state index >= 15 is 0 Å². The second-order valence-electron chi connectivity index (χ2n) is 5.52. The molecule has 1 heterocycles. The van der Waals surface area contributed by atoms with Gasteiger partial charge in [-0.15, -0.1) is 0 Å². The van der Waals surface area contributed by atoms with Crippen LogP contribution in [-0.2, 0) is 0 Å². The predicted molar refractivity (Wildman–Crippen MR) is 108 cm³/mol. The van der Waals surface area contributed by atoms with Crippen molar-refractivity contribution in [3.8, 4) is 4.90 Å². The van der Waals surface area contributed by atoms with Crippen LogP contribution in [0.4, 0.5) is 0 Å². The Morgan fingerprint density at radius 2 is 1.57 bits per heavy atom. The molecule has 1 nitrogen and oxygen atoms in total. The number of ketones is 1. The Morgan fingerprint density at radius 3 is 2.30 bits per heavy atom. The molecule has 0 aliphatic carbocycles. The molecule has 23 heavy (non-hydrogen) atoms. The van der Waals surface area contributed by atoms with Crippen LogP contribution < -0.4 is 0 Å². The number of hydrogen-bond donors (Lipinski definition) is 0. The first-order chi connectivity index (χ1) is 11.1. The molecule has 1 atom stereocenters. The van der Waals surface area contributed by atoms with Gasteiger partial charge < -0.3 is 0 Å². The van der Waals surface area contributed by atoms with Gasteiger partial charge in [0.2, 0.25) is 0 Å². The van der Waals surface area contributed by atoms with Crippen molar-refractivity contribution in [1.82, 2.24) is 0 Å². The topological polar surface area (TPSA) is 17.1 Å². The lowest BCUT2D eigenvalue weighted by molar-refractivity contribution is 0.101. The molecular weight excluding hydrogens is 415 g/mol. The summed E-state index contributed by atoms with van der Waals surface area (Å²) < 4.78 is 3.91. The Labute approximate surface area is 151 Å². The minimum atomic E-state index is -0.0850. The summed E-state index contributed by atoms with van der Waals surface area (Å²) >= 11 is 2.34. The average molecular weight is 429 g/mol. The highest BCUT2D eigenvalue weighted by molar-refractivity contribution is 14.1. The van der Waals surface area contributed by atoms with Gasteiger partial charge in [-0.25, -0.2) is 0 Å². The highest BCUT2D eigenvalue weighted by atomic mass is 127. The summed E-state index contributed by atoms with van der Waals surface area (Å²) in [5.41, 5.74) is 0.784. The smallest absolute Gasteiger partial charge is 0.187 e. The lowest BCUT2D eigenvalue weighted by atomic mass is 10.1. The molecule has 0 aliphatic rings. The molecule has 4 rings (SSSR count). The van der Waals surface area contributed by atoms with E-state index < -0.39 is 0 Å². The molecule has 0 spiro atoms. The van der Waals surface area contributed by atoms with Crippen LogP contribution in [0, 0.1) is 3.57 Å². The first-order valence-corrected chi connectivity index (χ1v) is 9.70. The molecule has 0 aliphatic heterocycles. The monoisotopic (exact) mass is 429 g/mol. The van der Waals surface area contributed by atoms with Crippen LogP contribution in [0.1, 0.15) is 17.3 Å². The van der Waals surface area contributed by atoms with E-state index in [0.717, 1.165) is 5.56 Å². The van der Waals surface area contributed by atoms with Crippen molar-refractivity contribution in [2.75, 3.05) is 0 Å². The fourth-order valence-electron chi connectivity index (χ4n) is 2.95. The Morgan fingerprint density at radius 1 is 0.870 bits per heavy atom. The maximum Gasteiger partial charge on any atom is 0.187 e. The van der Waals surface area contributed by atoms with Crippen molar-refractivity contribution in [2.45, 2.75) is 6.92 Å².